The standard InChI is InChI=1S/C49H34N2/c1-3-13-34(14-4-1)49(35-15-5-2-6-16-35)43-20-10-7-17-37(43)38-26-25-36(31-44(38)49)51-47-22-12-9-19-40(47)42-30-33(24-28-48(42)51)32-23-27-46-41(29-32)39-18-8-11-21-45(39)50-46/h1-31,42,48,50H. The summed E-state index contributed by atoms with van der Waals surface area (Å²) in [6, 6.07) is 63.0. The van der Waals surface area contributed by atoms with E-state index in [4.69, 9.17) is 0 Å². The molecule has 11 rings (SSSR count). The average molecular weight is 651 g/mol. The van der Waals surface area contributed by atoms with Crippen LogP contribution in [0, 0.1) is 0 Å². The third-order valence-corrected chi connectivity index (χ3v) is 11.6. The Bertz CT molecular complexity index is 2670. The number of nitrogens with one attached hydrogen (secondary N) is 1. The minimum atomic E-state index is -0.431. The summed E-state index contributed by atoms with van der Waals surface area (Å²) in [4.78, 5) is 6.17. The van der Waals surface area contributed by atoms with Crippen molar-refractivity contribution in [3.63, 3.8) is 0 Å². The molecule has 0 bridgehead atoms. The number of nitrogens with zero attached hydrogens (tertiary/aromatic N) is 1. The van der Waals surface area contributed by atoms with Crippen LogP contribution in [0.3, 0.4) is 0 Å². The Kier molecular flexibility index (Phi) is 6.03. The Labute approximate surface area is 297 Å². The lowest BCUT2D eigenvalue weighted by atomic mass is 9.67. The minimum Gasteiger partial charge on any atom is -0.355 e. The van der Waals surface area contributed by atoms with Crippen molar-refractivity contribution in [2.24, 2.45) is 0 Å². The van der Waals surface area contributed by atoms with E-state index < -0.39 is 5.41 Å². The van der Waals surface area contributed by atoms with Crippen molar-refractivity contribution in [1.29, 1.82) is 0 Å². The van der Waals surface area contributed by atoms with Crippen LogP contribution in [0.15, 0.2) is 188 Å². The van der Waals surface area contributed by atoms with E-state index in [-0.39, 0.29) is 12.0 Å². The smallest absolute Gasteiger partial charge is 0.0714 e. The van der Waals surface area contributed by atoms with Gasteiger partial charge in [0.2, 0.25) is 0 Å². The van der Waals surface area contributed by atoms with Crippen molar-refractivity contribution >= 4 is 38.8 Å². The van der Waals surface area contributed by atoms with Crippen LogP contribution >= 0.6 is 0 Å². The maximum absolute atomic E-state index is 3.59. The second-order valence-corrected chi connectivity index (χ2v) is 14.1. The maximum atomic E-state index is 3.59. The molecule has 3 aliphatic rings. The number of aromatic nitrogens is 1. The summed E-state index contributed by atoms with van der Waals surface area (Å²) in [5.41, 5.74) is 16.2. The average Bonchev–Trinajstić information content (AvgIpc) is 3.84. The molecule has 2 atom stereocenters. The zero-order valence-electron chi connectivity index (χ0n) is 28.0. The van der Waals surface area contributed by atoms with Crippen LogP contribution in [0.5, 0.6) is 0 Å². The summed E-state index contributed by atoms with van der Waals surface area (Å²) in [7, 11) is 0. The van der Waals surface area contributed by atoms with Gasteiger partial charge in [0.25, 0.3) is 0 Å². The van der Waals surface area contributed by atoms with Crippen molar-refractivity contribution in [2.75, 3.05) is 4.90 Å². The summed E-state index contributed by atoms with van der Waals surface area (Å²) < 4.78 is 0. The summed E-state index contributed by atoms with van der Waals surface area (Å²) in [5.74, 6) is 0.235. The first-order valence-electron chi connectivity index (χ1n) is 17.9. The molecule has 51 heavy (non-hydrogen) atoms. The fourth-order valence-electron chi connectivity index (χ4n) is 9.45. The Morgan fingerprint density at radius 2 is 1.22 bits per heavy atom. The molecule has 2 nitrogen and oxygen atoms in total. The van der Waals surface area contributed by atoms with Crippen LogP contribution in [0.2, 0.25) is 0 Å². The Morgan fingerprint density at radius 3 is 2.06 bits per heavy atom. The SMILES string of the molecule is C1=CC2C(C=C1c1ccc3[nH]c4ccccc4c3c1)c1ccccc1N2c1ccc2c(c1)C(c1ccccc1)(c1ccccc1)c1ccccc1-2. The molecule has 0 amide bonds. The number of H-pyrrole nitrogens is 1. The van der Waals surface area contributed by atoms with Gasteiger partial charge in [0.15, 0.2) is 0 Å². The molecule has 2 aliphatic carbocycles. The van der Waals surface area contributed by atoms with Crippen molar-refractivity contribution in [2.45, 2.75) is 17.4 Å². The van der Waals surface area contributed by atoms with E-state index in [0.29, 0.717) is 0 Å². The number of hydrogen-bond donors (Lipinski definition) is 1. The zero-order valence-corrected chi connectivity index (χ0v) is 28.0. The van der Waals surface area contributed by atoms with Crippen LogP contribution in [0.1, 0.15) is 39.3 Å². The molecule has 1 N–H and O–H groups in total. The number of para-hydroxylation sites is 2. The van der Waals surface area contributed by atoms with Crippen LogP contribution in [0.25, 0.3) is 38.5 Å². The Morgan fingerprint density at radius 1 is 0.529 bits per heavy atom. The lowest BCUT2D eigenvalue weighted by Crippen LogP contribution is -2.31. The lowest BCUT2D eigenvalue weighted by Gasteiger charge is -2.35. The molecule has 0 radical (unpaired) electrons. The molecule has 7 aromatic carbocycles. The topological polar surface area (TPSA) is 19.0 Å². The van der Waals surface area contributed by atoms with E-state index in [1.165, 1.54) is 83.3 Å². The van der Waals surface area contributed by atoms with Gasteiger partial charge in [0.1, 0.15) is 0 Å². The second-order valence-electron chi connectivity index (χ2n) is 14.1. The van der Waals surface area contributed by atoms with Crippen LogP contribution in [0.4, 0.5) is 11.4 Å². The van der Waals surface area contributed by atoms with E-state index in [0.717, 1.165) is 0 Å². The van der Waals surface area contributed by atoms with E-state index in [1.807, 2.05) is 0 Å². The Hall–Kier alpha value is -6.38. The summed E-state index contributed by atoms with van der Waals surface area (Å²) >= 11 is 0. The molecule has 0 spiro atoms. The Balaban J connectivity index is 1.07. The summed E-state index contributed by atoms with van der Waals surface area (Å²) in [6.07, 6.45) is 7.28. The quantitative estimate of drug-likeness (QED) is 0.201. The minimum absolute atomic E-state index is 0.174. The number of rotatable bonds is 4. The van der Waals surface area contributed by atoms with Crippen LogP contribution < -0.4 is 4.90 Å². The fourth-order valence-corrected chi connectivity index (χ4v) is 9.45. The summed E-state index contributed by atoms with van der Waals surface area (Å²) in [5, 5.41) is 2.54. The highest BCUT2D eigenvalue weighted by Crippen LogP contribution is 2.58. The molecule has 0 saturated carbocycles. The van der Waals surface area contributed by atoms with E-state index in [9.17, 15) is 0 Å². The first-order valence-corrected chi connectivity index (χ1v) is 17.9. The van der Waals surface area contributed by atoms with Gasteiger partial charge in [-0.2, -0.15) is 0 Å². The highest BCUT2D eigenvalue weighted by atomic mass is 15.2. The van der Waals surface area contributed by atoms with Gasteiger partial charge in [-0.15, -0.1) is 0 Å². The van der Waals surface area contributed by atoms with Crippen molar-refractivity contribution in [3.05, 3.63) is 221 Å². The highest BCUT2D eigenvalue weighted by Gasteiger charge is 2.47. The number of fused-ring (bicyclic) bond motifs is 9. The van der Waals surface area contributed by atoms with Gasteiger partial charge in [0.05, 0.1) is 11.5 Å². The summed E-state index contributed by atoms with van der Waals surface area (Å²) in [6.45, 7) is 0. The third kappa shape index (κ3) is 3.99. The molecule has 0 fully saturated rings. The van der Waals surface area contributed by atoms with Gasteiger partial charge in [-0.3, -0.25) is 0 Å². The second kappa shape index (κ2) is 10.8. The molecular formula is C49H34N2. The fraction of sp³-hybridized carbons (Fsp3) is 0.0612. The molecule has 240 valence electrons. The van der Waals surface area contributed by atoms with Crippen molar-refractivity contribution in [3.8, 4) is 11.1 Å². The lowest BCUT2D eigenvalue weighted by molar-refractivity contribution is 0.742. The van der Waals surface area contributed by atoms with Gasteiger partial charge in [0, 0.05) is 39.1 Å². The third-order valence-electron chi connectivity index (χ3n) is 11.6. The normalized spacial score (nSPS) is 18.0. The van der Waals surface area contributed by atoms with Gasteiger partial charge in [-0.25, -0.2) is 0 Å². The van der Waals surface area contributed by atoms with E-state index in [2.05, 4.69) is 198 Å². The molecule has 0 saturated heterocycles. The highest BCUT2D eigenvalue weighted by molar-refractivity contribution is 6.08. The molecular weight excluding hydrogens is 617 g/mol. The number of aromatic amines is 1. The first-order chi connectivity index (χ1) is 25.3. The number of hydrogen-bond acceptors (Lipinski definition) is 1. The van der Waals surface area contributed by atoms with Gasteiger partial charge < -0.3 is 9.88 Å². The molecule has 1 aromatic heterocycles. The van der Waals surface area contributed by atoms with E-state index in [1.54, 1.807) is 0 Å². The number of allylic oxidation sites excluding steroid dienone is 2. The number of anilines is 2. The predicted octanol–water partition coefficient (Wildman–Crippen LogP) is 11.9. The molecule has 2 unspecified atom stereocenters. The van der Waals surface area contributed by atoms with Gasteiger partial charge in [-0.05, 0) is 86.5 Å². The molecule has 2 heterocycles. The monoisotopic (exact) mass is 650 g/mol. The van der Waals surface area contributed by atoms with Gasteiger partial charge in [-0.1, -0.05) is 152 Å². The van der Waals surface area contributed by atoms with Crippen LogP contribution in [-0.2, 0) is 5.41 Å². The molecule has 1 aliphatic heterocycles. The van der Waals surface area contributed by atoms with Crippen molar-refractivity contribution < 1.29 is 0 Å². The van der Waals surface area contributed by atoms with Gasteiger partial charge >= 0.3 is 0 Å². The molecule has 8 aromatic rings. The van der Waals surface area contributed by atoms with E-state index >= 15 is 0 Å². The van der Waals surface area contributed by atoms with Crippen LogP contribution in [-0.4, -0.2) is 11.0 Å². The first kappa shape index (κ1) is 28.5. The maximum Gasteiger partial charge on any atom is 0.0714 e. The zero-order chi connectivity index (χ0) is 33.5. The molecule has 2 heteroatoms. The predicted molar refractivity (Wildman–Crippen MR) is 212 cm³/mol. The van der Waals surface area contributed by atoms with Crippen molar-refractivity contribution in [1.82, 2.24) is 4.98 Å². The largest absolute Gasteiger partial charge is 0.355 e. The number of benzene rings is 7.